The van der Waals surface area contributed by atoms with Gasteiger partial charge >= 0.3 is 0 Å². The van der Waals surface area contributed by atoms with Crippen molar-refractivity contribution in [2.45, 2.75) is 25.7 Å². The third-order valence-electron chi connectivity index (χ3n) is 11.6. The molecule has 6 atom stereocenters. The molecule has 2 aliphatic carbocycles. The molecule has 11 nitrogen and oxygen atoms in total. The molecule has 274 valence electrons. The first-order valence-corrected chi connectivity index (χ1v) is 18.3. The van der Waals surface area contributed by atoms with Gasteiger partial charge in [-0.3, -0.25) is 24.1 Å². The molecule has 0 bridgehead atoms. The number of fused-ring (bicyclic) bond motifs is 4. The van der Waals surface area contributed by atoms with Crippen molar-refractivity contribution in [2.75, 3.05) is 42.0 Å². The number of carbonyl (C=O) groups is 4. The van der Waals surface area contributed by atoms with Gasteiger partial charge in [0.2, 0.25) is 23.6 Å². The van der Waals surface area contributed by atoms with Gasteiger partial charge in [-0.25, -0.2) is 4.90 Å². The lowest BCUT2D eigenvalue weighted by Crippen LogP contribution is -2.48. The molecular formula is C43H41N5O6. The first-order valence-electron chi connectivity index (χ1n) is 18.3. The Balaban J connectivity index is 1.11. The van der Waals surface area contributed by atoms with Crippen molar-refractivity contribution >= 4 is 52.1 Å². The lowest BCUT2D eigenvalue weighted by molar-refractivity contribution is -0.131. The van der Waals surface area contributed by atoms with Gasteiger partial charge in [0.1, 0.15) is 12.4 Å². The first kappa shape index (κ1) is 35.1. The standard InChI is InChI=1S/C43H41N5O6/c1-43-36(40(51)48(42(43)53)30-7-5-4-6-8-30)25-35-33(38(43)26-9-19-32(20-10-26)54-24-23-49)21-22-34-37(35)41(52)47(39(34)50)31-17-13-28(14-18-31)45-44-27-11-15-29(16-12-27)46(2)3/h4-21,34-38,49H,22-25H2,1-3H3/t34-,35+,36-,37-,38-,43+/m0/s1. The monoisotopic (exact) mass is 723 g/mol. The van der Waals surface area contributed by atoms with Crippen molar-refractivity contribution in [3.05, 3.63) is 120 Å². The molecular weight excluding hydrogens is 683 g/mol. The summed E-state index contributed by atoms with van der Waals surface area (Å²) < 4.78 is 5.62. The highest BCUT2D eigenvalue weighted by Gasteiger charge is 2.67. The largest absolute Gasteiger partial charge is 0.491 e. The van der Waals surface area contributed by atoms with E-state index in [1.54, 1.807) is 60.7 Å². The van der Waals surface area contributed by atoms with Crippen molar-refractivity contribution in [1.82, 2.24) is 0 Å². The maximum absolute atomic E-state index is 14.6. The van der Waals surface area contributed by atoms with E-state index in [9.17, 15) is 24.3 Å². The number of aliphatic hydroxyl groups excluding tert-OH is 1. The van der Waals surface area contributed by atoms with E-state index in [2.05, 4.69) is 10.2 Å². The van der Waals surface area contributed by atoms with Gasteiger partial charge in [0, 0.05) is 25.7 Å². The number of benzene rings is 4. The predicted molar refractivity (Wildman–Crippen MR) is 204 cm³/mol. The molecule has 3 fully saturated rings. The lowest BCUT2D eigenvalue weighted by atomic mass is 9.51. The number of para-hydroxylation sites is 1. The highest BCUT2D eigenvalue weighted by atomic mass is 16.5. The summed E-state index contributed by atoms with van der Waals surface area (Å²) in [7, 11) is 3.94. The van der Waals surface area contributed by atoms with Gasteiger partial charge in [0.05, 0.1) is 52.5 Å². The second kappa shape index (κ2) is 13.8. The summed E-state index contributed by atoms with van der Waals surface area (Å²) in [6.45, 7) is 1.89. The van der Waals surface area contributed by atoms with Crippen LogP contribution in [0.1, 0.15) is 31.2 Å². The number of hydrogen-bond donors (Lipinski definition) is 1. The van der Waals surface area contributed by atoms with Gasteiger partial charge in [-0.1, -0.05) is 42.0 Å². The van der Waals surface area contributed by atoms with Crippen molar-refractivity contribution in [2.24, 2.45) is 39.3 Å². The van der Waals surface area contributed by atoms with Gasteiger partial charge in [-0.05, 0) is 104 Å². The van der Waals surface area contributed by atoms with Crippen molar-refractivity contribution in [3.8, 4) is 5.75 Å². The Hall–Kier alpha value is -5.94. The number of nitrogens with zero attached hydrogens (tertiary/aromatic N) is 5. The van der Waals surface area contributed by atoms with E-state index in [-0.39, 0.29) is 43.3 Å². The number of hydrogen-bond acceptors (Lipinski definition) is 9. The Morgan fingerprint density at radius 1 is 0.759 bits per heavy atom. The van der Waals surface area contributed by atoms with Gasteiger partial charge < -0.3 is 14.7 Å². The lowest BCUT2D eigenvalue weighted by Gasteiger charge is -2.49. The van der Waals surface area contributed by atoms with Crippen LogP contribution in [0, 0.1) is 29.1 Å². The van der Waals surface area contributed by atoms with E-state index in [1.165, 1.54) is 9.80 Å². The smallest absolute Gasteiger partial charge is 0.241 e. The summed E-state index contributed by atoms with van der Waals surface area (Å²) in [5.41, 5.74) is 3.87. The summed E-state index contributed by atoms with van der Waals surface area (Å²) in [4.78, 5) is 62.1. The molecule has 1 saturated carbocycles. The average Bonchev–Trinajstić information content (AvgIpc) is 3.56. The van der Waals surface area contributed by atoms with E-state index in [1.807, 2.05) is 74.5 Å². The molecule has 2 heterocycles. The van der Waals surface area contributed by atoms with Gasteiger partial charge in [-0.2, -0.15) is 10.2 Å². The van der Waals surface area contributed by atoms with Gasteiger partial charge in [-0.15, -0.1) is 0 Å². The van der Waals surface area contributed by atoms with E-state index >= 15 is 0 Å². The molecule has 0 radical (unpaired) electrons. The van der Waals surface area contributed by atoms with E-state index in [0.717, 1.165) is 16.8 Å². The Morgan fingerprint density at radius 2 is 1.39 bits per heavy atom. The Morgan fingerprint density at radius 3 is 2.02 bits per heavy atom. The molecule has 4 aliphatic rings. The molecule has 54 heavy (non-hydrogen) atoms. The molecule has 8 rings (SSSR count). The second-order valence-corrected chi connectivity index (χ2v) is 14.8. The third kappa shape index (κ3) is 5.70. The van der Waals surface area contributed by atoms with Crippen LogP contribution in [-0.4, -0.2) is 56.0 Å². The molecule has 0 unspecified atom stereocenters. The van der Waals surface area contributed by atoms with Crippen LogP contribution in [0.5, 0.6) is 5.75 Å². The number of azo groups is 1. The molecule has 2 aliphatic heterocycles. The number of ether oxygens (including phenoxy) is 1. The number of rotatable bonds is 9. The minimum Gasteiger partial charge on any atom is -0.491 e. The highest BCUT2D eigenvalue weighted by Crippen LogP contribution is 2.63. The van der Waals surface area contributed by atoms with Crippen molar-refractivity contribution in [3.63, 3.8) is 0 Å². The molecule has 2 saturated heterocycles. The summed E-state index contributed by atoms with van der Waals surface area (Å²) in [6, 6.07) is 30.9. The van der Waals surface area contributed by atoms with E-state index in [4.69, 9.17) is 4.74 Å². The predicted octanol–water partition coefficient (Wildman–Crippen LogP) is 6.97. The van der Waals surface area contributed by atoms with Gasteiger partial charge in [0.25, 0.3) is 0 Å². The van der Waals surface area contributed by atoms with Crippen LogP contribution in [0.4, 0.5) is 28.4 Å². The SMILES string of the molecule is CN(C)c1ccc(N=Nc2ccc(N3C(=O)[C@H]4[C@H](CC=C5[C@H]4C[C@H]4C(=O)N(c6ccccc6)C(=O)[C@@]4(C)[C@H]5c4ccc(OCCO)cc4)C3=O)cc2)cc1. The van der Waals surface area contributed by atoms with Crippen LogP contribution in [0.15, 0.2) is 125 Å². The van der Waals surface area contributed by atoms with Gasteiger partial charge in [0.15, 0.2) is 0 Å². The molecule has 4 aromatic carbocycles. The zero-order valence-electron chi connectivity index (χ0n) is 30.3. The van der Waals surface area contributed by atoms with Crippen LogP contribution in [-0.2, 0) is 19.2 Å². The minimum absolute atomic E-state index is 0.126. The molecule has 0 spiro atoms. The maximum Gasteiger partial charge on any atom is 0.241 e. The number of aliphatic hydroxyl groups is 1. The first-order chi connectivity index (χ1) is 26.1. The second-order valence-electron chi connectivity index (χ2n) is 14.8. The maximum atomic E-state index is 14.6. The Labute approximate surface area is 313 Å². The molecule has 4 aromatic rings. The average molecular weight is 724 g/mol. The molecule has 11 heteroatoms. The number of amides is 4. The van der Waals surface area contributed by atoms with Crippen LogP contribution < -0.4 is 19.4 Å². The third-order valence-corrected chi connectivity index (χ3v) is 11.6. The Bertz CT molecular complexity index is 2170. The summed E-state index contributed by atoms with van der Waals surface area (Å²) in [5, 5.41) is 17.9. The molecule has 1 N–H and O–H groups in total. The van der Waals surface area contributed by atoms with Crippen LogP contribution >= 0.6 is 0 Å². The number of anilines is 3. The number of imide groups is 2. The molecule has 4 amide bonds. The minimum atomic E-state index is -1.14. The van der Waals surface area contributed by atoms with E-state index in [0.29, 0.717) is 34.9 Å². The van der Waals surface area contributed by atoms with Crippen LogP contribution in [0.2, 0.25) is 0 Å². The van der Waals surface area contributed by atoms with E-state index < -0.39 is 35.0 Å². The number of carbonyl (C=O) groups excluding carboxylic acids is 4. The summed E-state index contributed by atoms with van der Waals surface area (Å²) >= 11 is 0. The number of allylic oxidation sites excluding steroid dienone is 2. The fraction of sp³-hybridized carbons (Fsp3) is 0.302. The van der Waals surface area contributed by atoms with Crippen LogP contribution in [0.25, 0.3) is 0 Å². The zero-order valence-corrected chi connectivity index (χ0v) is 30.3. The van der Waals surface area contributed by atoms with Crippen molar-refractivity contribution in [1.29, 1.82) is 0 Å². The van der Waals surface area contributed by atoms with Crippen LogP contribution in [0.3, 0.4) is 0 Å². The Kier molecular flexibility index (Phi) is 8.97. The topological polar surface area (TPSA) is 132 Å². The normalized spacial score (nSPS) is 26.1. The van der Waals surface area contributed by atoms with Crippen molar-refractivity contribution < 1.29 is 29.0 Å². The molecule has 0 aromatic heterocycles. The zero-order chi connectivity index (χ0) is 37.7. The quantitative estimate of drug-likeness (QED) is 0.112. The summed E-state index contributed by atoms with van der Waals surface area (Å²) in [5.74, 6) is -3.54. The fourth-order valence-electron chi connectivity index (χ4n) is 8.99. The fourth-order valence-corrected chi connectivity index (χ4v) is 8.99. The summed E-state index contributed by atoms with van der Waals surface area (Å²) in [6.07, 6.45) is 2.66. The highest BCUT2D eigenvalue weighted by molar-refractivity contribution is 6.25.